The molecule has 0 atom stereocenters. The number of nitrogens with zero attached hydrogens (tertiary/aromatic N) is 2. The smallest absolute Gasteiger partial charge is 0.272 e. The minimum atomic E-state index is -0.367. The Morgan fingerprint density at radius 2 is 1.83 bits per heavy atom. The number of amides is 1. The molecule has 23 heavy (non-hydrogen) atoms. The molecule has 1 fully saturated rings. The maximum Gasteiger partial charge on any atom is 0.272 e. The predicted octanol–water partition coefficient (Wildman–Crippen LogP) is 3.42. The summed E-state index contributed by atoms with van der Waals surface area (Å²) in [6, 6.07) is 9.76. The van der Waals surface area contributed by atoms with E-state index in [0.29, 0.717) is 11.5 Å². The summed E-state index contributed by atoms with van der Waals surface area (Å²) in [5.74, 6) is -0.181. The molecule has 0 bridgehead atoms. The summed E-state index contributed by atoms with van der Waals surface area (Å²) in [5.41, 5.74) is 0.593. The van der Waals surface area contributed by atoms with E-state index < -0.39 is 0 Å². The third-order valence-corrected chi connectivity index (χ3v) is 3.97. The maximum absolute atomic E-state index is 13.6. The average Bonchev–Trinajstić information content (AvgIpc) is 2.58. The van der Waals surface area contributed by atoms with Gasteiger partial charge in [-0.3, -0.25) is 4.79 Å². The Bertz CT molecular complexity index is 669. The van der Waals surface area contributed by atoms with Gasteiger partial charge < -0.3 is 10.6 Å². The molecule has 5 nitrogen and oxygen atoms in total. The lowest BCUT2D eigenvalue weighted by Gasteiger charge is -2.22. The second-order valence-electron chi connectivity index (χ2n) is 5.72. The summed E-state index contributed by atoms with van der Waals surface area (Å²) in [5, 5.41) is 13.7. The number of rotatable bonds is 4. The molecule has 3 rings (SSSR count). The van der Waals surface area contributed by atoms with Crippen molar-refractivity contribution in [1.82, 2.24) is 15.5 Å². The van der Waals surface area contributed by atoms with Crippen molar-refractivity contribution in [3.8, 4) is 0 Å². The number of carbonyl (C=O) groups excluding carboxylic acids is 1. The minimum absolute atomic E-state index is 0.207. The Morgan fingerprint density at radius 3 is 2.52 bits per heavy atom. The molecule has 0 radical (unpaired) electrons. The maximum atomic E-state index is 13.6. The molecule has 1 aliphatic rings. The zero-order valence-electron chi connectivity index (χ0n) is 12.8. The number of nitrogens with one attached hydrogen (secondary N) is 2. The molecular weight excluding hydrogens is 295 g/mol. The summed E-state index contributed by atoms with van der Waals surface area (Å²) in [6.07, 6.45) is 5.59. The zero-order chi connectivity index (χ0) is 16.1. The van der Waals surface area contributed by atoms with Gasteiger partial charge in [0.2, 0.25) is 0 Å². The van der Waals surface area contributed by atoms with Crippen molar-refractivity contribution >= 4 is 17.4 Å². The van der Waals surface area contributed by atoms with Crippen molar-refractivity contribution in [2.24, 2.45) is 0 Å². The molecular formula is C17H19FN4O. The summed E-state index contributed by atoms with van der Waals surface area (Å²) in [6.45, 7) is 0. The van der Waals surface area contributed by atoms with E-state index in [-0.39, 0.29) is 23.5 Å². The highest BCUT2D eigenvalue weighted by Gasteiger charge is 2.17. The molecule has 120 valence electrons. The van der Waals surface area contributed by atoms with E-state index in [0.717, 1.165) is 25.7 Å². The van der Waals surface area contributed by atoms with E-state index in [1.54, 1.807) is 30.3 Å². The summed E-state index contributed by atoms with van der Waals surface area (Å²) >= 11 is 0. The third kappa shape index (κ3) is 4.03. The van der Waals surface area contributed by atoms with Crippen molar-refractivity contribution in [2.45, 2.75) is 38.1 Å². The number of carbonyl (C=O) groups is 1. The minimum Gasteiger partial charge on any atom is -0.348 e. The average molecular weight is 314 g/mol. The Balaban J connectivity index is 1.62. The monoisotopic (exact) mass is 314 g/mol. The van der Waals surface area contributed by atoms with Crippen LogP contribution in [0, 0.1) is 5.82 Å². The highest BCUT2D eigenvalue weighted by molar-refractivity contribution is 5.92. The van der Waals surface area contributed by atoms with Crippen molar-refractivity contribution in [3.05, 3.63) is 47.9 Å². The van der Waals surface area contributed by atoms with Crippen LogP contribution in [0.15, 0.2) is 36.4 Å². The topological polar surface area (TPSA) is 66.9 Å². The van der Waals surface area contributed by atoms with E-state index in [4.69, 9.17) is 0 Å². The van der Waals surface area contributed by atoms with Gasteiger partial charge in [-0.15, -0.1) is 10.2 Å². The van der Waals surface area contributed by atoms with Gasteiger partial charge in [0.15, 0.2) is 11.5 Å². The van der Waals surface area contributed by atoms with Gasteiger partial charge in [0.25, 0.3) is 5.91 Å². The molecule has 6 heteroatoms. The van der Waals surface area contributed by atoms with Gasteiger partial charge in [-0.2, -0.15) is 0 Å². The standard InChI is InChI=1S/C17H19FN4O/c18-13-8-4-5-9-14(13)20-16-11-10-15(21-22-16)17(23)19-12-6-2-1-3-7-12/h4-5,8-12H,1-3,6-7H2,(H,19,23)(H,20,22). The first-order valence-electron chi connectivity index (χ1n) is 7.88. The quantitative estimate of drug-likeness (QED) is 0.907. The molecule has 1 aromatic heterocycles. The predicted molar refractivity (Wildman–Crippen MR) is 86.1 cm³/mol. The van der Waals surface area contributed by atoms with Crippen LogP contribution in [-0.4, -0.2) is 22.1 Å². The molecule has 2 aromatic rings. The molecule has 2 N–H and O–H groups in total. The van der Waals surface area contributed by atoms with Gasteiger partial charge in [0, 0.05) is 6.04 Å². The molecule has 0 unspecified atom stereocenters. The lowest BCUT2D eigenvalue weighted by atomic mass is 9.95. The van der Waals surface area contributed by atoms with Crippen LogP contribution in [0.5, 0.6) is 0 Å². The summed E-state index contributed by atoms with van der Waals surface area (Å²) in [4.78, 5) is 12.1. The van der Waals surface area contributed by atoms with Crippen molar-refractivity contribution in [1.29, 1.82) is 0 Å². The third-order valence-electron chi connectivity index (χ3n) is 3.97. The van der Waals surface area contributed by atoms with Crippen LogP contribution < -0.4 is 10.6 Å². The van der Waals surface area contributed by atoms with Gasteiger partial charge in [-0.25, -0.2) is 4.39 Å². The van der Waals surface area contributed by atoms with E-state index in [1.165, 1.54) is 12.5 Å². The molecule has 1 heterocycles. The summed E-state index contributed by atoms with van der Waals surface area (Å²) < 4.78 is 13.6. The first-order valence-corrected chi connectivity index (χ1v) is 7.88. The largest absolute Gasteiger partial charge is 0.348 e. The molecule has 1 aromatic carbocycles. The van der Waals surface area contributed by atoms with Crippen LogP contribution in [0.4, 0.5) is 15.9 Å². The van der Waals surface area contributed by atoms with Crippen LogP contribution >= 0.6 is 0 Å². The van der Waals surface area contributed by atoms with Gasteiger partial charge in [-0.1, -0.05) is 31.4 Å². The first-order chi connectivity index (χ1) is 11.2. The molecule has 1 amide bonds. The molecule has 0 saturated heterocycles. The van der Waals surface area contributed by atoms with E-state index in [2.05, 4.69) is 20.8 Å². The van der Waals surface area contributed by atoms with Crippen molar-refractivity contribution < 1.29 is 9.18 Å². The number of halogens is 1. The zero-order valence-corrected chi connectivity index (χ0v) is 12.8. The van der Waals surface area contributed by atoms with Gasteiger partial charge in [0.1, 0.15) is 5.82 Å². The Kier molecular flexibility index (Phi) is 4.80. The fourth-order valence-corrected chi connectivity index (χ4v) is 2.73. The number of hydrogen-bond acceptors (Lipinski definition) is 4. The van der Waals surface area contributed by atoms with Crippen LogP contribution in [0.1, 0.15) is 42.6 Å². The molecule has 1 aliphatic carbocycles. The fraction of sp³-hybridized carbons (Fsp3) is 0.353. The lowest BCUT2D eigenvalue weighted by molar-refractivity contribution is 0.0921. The highest BCUT2D eigenvalue weighted by Crippen LogP contribution is 2.19. The highest BCUT2D eigenvalue weighted by atomic mass is 19.1. The molecule has 0 spiro atoms. The second-order valence-corrected chi connectivity index (χ2v) is 5.72. The number of benzene rings is 1. The number of hydrogen-bond donors (Lipinski definition) is 2. The Hall–Kier alpha value is -2.50. The van der Waals surface area contributed by atoms with E-state index in [9.17, 15) is 9.18 Å². The van der Waals surface area contributed by atoms with Gasteiger partial charge >= 0.3 is 0 Å². The Morgan fingerprint density at radius 1 is 1.04 bits per heavy atom. The Labute approximate surface area is 134 Å². The summed E-state index contributed by atoms with van der Waals surface area (Å²) in [7, 11) is 0. The van der Waals surface area contributed by atoms with Crippen LogP contribution in [-0.2, 0) is 0 Å². The van der Waals surface area contributed by atoms with E-state index in [1.807, 2.05) is 0 Å². The van der Waals surface area contributed by atoms with Crippen molar-refractivity contribution in [3.63, 3.8) is 0 Å². The van der Waals surface area contributed by atoms with Crippen molar-refractivity contribution in [2.75, 3.05) is 5.32 Å². The van der Waals surface area contributed by atoms with Gasteiger partial charge in [0.05, 0.1) is 5.69 Å². The second kappa shape index (κ2) is 7.17. The lowest BCUT2D eigenvalue weighted by Crippen LogP contribution is -2.36. The number of para-hydroxylation sites is 1. The number of anilines is 2. The van der Waals surface area contributed by atoms with E-state index >= 15 is 0 Å². The SMILES string of the molecule is O=C(NC1CCCCC1)c1ccc(Nc2ccccc2F)nn1. The van der Waals surface area contributed by atoms with Crippen LogP contribution in [0.3, 0.4) is 0 Å². The normalized spacial score (nSPS) is 15.2. The van der Waals surface area contributed by atoms with Crippen LogP contribution in [0.25, 0.3) is 0 Å². The van der Waals surface area contributed by atoms with Crippen LogP contribution in [0.2, 0.25) is 0 Å². The van der Waals surface area contributed by atoms with Gasteiger partial charge in [-0.05, 0) is 37.1 Å². The molecule has 0 aliphatic heterocycles. The first kappa shape index (κ1) is 15.4. The molecule has 1 saturated carbocycles. The fourth-order valence-electron chi connectivity index (χ4n) is 2.73. The number of aromatic nitrogens is 2.